The fourth-order valence-corrected chi connectivity index (χ4v) is 2.33. The second-order valence-corrected chi connectivity index (χ2v) is 4.95. The summed E-state index contributed by atoms with van der Waals surface area (Å²) >= 11 is 0. The van der Waals surface area contributed by atoms with Crippen LogP contribution in [0.4, 0.5) is 0 Å². The van der Waals surface area contributed by atoms with Crippen LogP contribution in [0.3, 0.4) is 0 Å². The molecule has 7 heteroatoms. The van der Waals surface area contributed by atoms with Crippen molar-refractivity contribution in [1.29, 1.82) is 0 Å². The van der Waals surface area contributed by atoms with Crippen molar-refractivity contribution in [3.05, 3.63) is 23.9 Å². The maximum atomic E-state index is 12.6. The Labute approximate surface area is 123 Å². The van der Waals surface area contributed by atoms with Crippen LogP contribution in [-0.4, -0.2) is 61.2 Å². The van der Waals surface area contributed by atoms with E-state index in [4.69, 9.17) is 9.47 Å². The van der Waals surface area contributed by atoms with Gasteiger partial charge in [0.25, 0.3) is 11.8 Å². The number of carbonyl (C=O) groups is 2. The average Bonchev–Trinajstić information content (AvgIpc) is 2.53. The Morgan fingerprint density at radius 2 is 2.29 bits per heavy atom. The maximum absolute atomic E-state index is 12.6. The normalized spacial score (nSPS) is 21.8. The highest BCUT2D eigenvalue weighted by atomic mass is 16.5. The summed E-state index contributed by atoms with van der Waals surface area (Å²) in [7, 11) is 3.01. The lowest BCUT2D eigenvalue weighted by atomic mass is 10.0. The zero-order chi connectivity index (χ0) is 15.5. The van der Waals surface area contributed by atoms with Crippen LogP contribution >= 0.6 is 0 Å². The molecule has 1 atom stereocenters. The largest absolute Gasteiger partial charge is 0.480 e. The number of nitrogens with one attached hydrogen (secondary N) is 1. The van der Waals surface area contributed by atoms with Crippen molar-refractivity contribution < 1.29 is 19.1 Å². The lowest BCUT2D eigenvalue weighted by Crippen LogP contribution is -2.58. The fourth-order valence-electron chi connectivity index (χ4n) is 2.33. The van der Waals surface area contributed by atoms with Gasteiger partial charge in [0.05, 0.1) is 20.3 Å². The molecule has 1 saturated heterocycles. The van der Waals surface area contributed by atoms with Gasteiger partial charge in [0.1, 0.15) is 5.56 Å². The van der Waals surface area contributed by atoms with Crippen molar-refractivity contribution in [3.63, 3.8) is 0 Å². The van der Waals surface area contributed by atoms with Crippen LogP contribution in [0.1, 0.15) is 17.3 Å². The Kier molecular flexibility index (Phi) is 4.42. The second-order valence-electron chi connectivity index (χ2n) is 4.95. The van der Waals surface area contributed by atoms with Gasteiger partial charge in [0.2, 0.25) is 5.88 Å². The first-order valence-corrected chi connectivity index (χ1v) is 6.66. The standard InChI is InChI=1S/C14H19N3O4/c1-14(13(19)15-2)9-17(7-8-21-14)12(18)10-5-4-6-16-11(10)20-3/h4-6H,7-9H2,1-3H3,(H,15,19)/t14-/m1/s1. The predicted molar refractivity (Wildman–Crippen MR) is 75.1 cm³/mol. The van der Waals surface area contributed by atoms with Crippen molar-refractivity contribution >= 4 is 11.8 Å². The van der Waals surface area contributed by atoms with E-state index in [1.807, 2.05) is 0 Å². The van der Waals surface area contributed by atoms with Crippen LogP contribution in [0, 0.1) is 0 Å². The van der Waals surface area contributed by atoms with Crippen molar-refractivity contribution in [2.45, 2.75) is 12.5 Å². The summed E-state index contributed by atoms with van der Waals surface area (Å²) in [6, 6.07) is 3.33. The number of aromatic nitrogens is 1. The number of hydrogen-bond donors (Lipinski definition) is 1. The molecular formula is C14H19N3O4. The minimum Gasteiger partial charge on any atom is -0.480 e. The molecule has 1 aromatic rings. The number of likely N-dealkylation sites (N-methyl/N-ethyl adjacent to an activating group) is 1. The molecular weight excluding hydrogens is 274 g/mol. The molecule has 0 unspecified atom stereocenters. The fraction of sp³-hybridized carbons (Fsp3) is 0.500. The van der Waals surface area contributed by atoms with E-state index in [1.165, 1.54) is 7.11 Å². The summed E-state index contributed by atoms with van der Waals surface area (Å²) in [5.74, 6) is -0.202. The molecule has 1 N–H and O–H groups in total. The molecule has 0 aromatic carbocycles. The van der Waals surface area contributed by atoms with Crippen molar-refractivity contribution in [2.24, 2.45) is 0 Å². The van der Waals surface area contributed by atoms with Gasteiger partial charge in [0.15, 0.2) is 5.60 Å². The second kappa shape index (κ2) is 6.09. The van der Waals surface area contributed by atoms with E-state index in [0.29, 0.717) is 18.7 Å². The summed E-state index contributed by atoms with van der Waals surface area (Å²) in [6.07, 6.45) is 1.56. The van der Waals surface area contributed by atoms with Crippen molar-refractivity contribution in [2.75, 3.05) is 33.9 Å². The lowest BCUT2D eigenvalue weighted by Gasteiger charge is -2.39. The minimum atomic E-state index is -1.04. The zero-order valence-electron chi connectivity index (χ0n) is 12.4. The van der Waals surface area contributed by atoms with E-state index in [0.717, 1.165) is 0 Å². The lowest BCUT2D eigenvalue weighted by molar-refractivity contribution is -0.153. The molecule has 0 bridgehead atoms. The number of rotatable bonds is 3. The van der Waals surface area contributed by atoms with Gasteiger partial charge in [-0.15, -0.1) is 0 Å². The van der Waals surface area contributed by atoms with E-state index in [1.54, 1.807) is 37.2 Å². The van der Waals surface area contributed by atoms with Crippen LogP contribution in [0.25, 0.3) is 0 Å². The summed E-state index contributed by atoms with van der Waals surface area (Å²) in [5, 5.41) is 2.56. The van der Waals surface area contributed by atoms with Gasteiger partial charge in [-0.3, -0.25) is 9.59 Å². The Morgan fingerprint density at radius 3 is 2.95 bits per heavy atom. The maximum Gasteiger partial charge on any atom is 0.259 e. The van der Waals surface area contributed by atoms with Gasteiger partial charge in [-0.1, -0.05) is 0 Å². The minimum absolute atomic E-state index is 0.184. The van der Waals surface area contributed by atoms with E-state index in [2.05, 4.69) is 10.3 Å². The number of methoxy groups -OCH3 is 1. The molecule has 2 rings (SSSR count). The van der Waals surface area contributed by atoms with Gasteiger partial charge in [0, 0.05) is 19.8 Å². The Bertz CT molecular complexity index is 549. The topological polar surface area (TPSA) is 80.8 Å². The molecule has 2 amide bonds. The molecule has 0 aliphatic carbocycles. The molecule has 1 aliphatic heterocycles. The number of carbonyl (C=O) groups excluding carboxylic acids is 2. The van der Waals surface area contributed by atoms with E-state index < -0.39 is 5.60 Å². The van der Waals surface area contributed by atoms with E-state index in [-0.39, 0.29) is 24.2 Å². The predicted octanol–water partition coefficient (Wildman–Crippen LogP) is 0.0673. The molecule has 1 fully saturated rings. The zero-order valence-corrected chi connectivity index (χ0v) is 12.4. The Morgan fingerprint density at radius 1 is 1.52 bits per heavy atom. The van der Waals surface area contributed by atoms with Crippen LogP contribution in [0.2, 0.25) is 0 Å². The van der Waals surface area contributed by atoms with E-state index >= 15 is 0 Å². The van der Waals surface area contributed by atoms with Crippen LogP contribution in [0.15, 0.2) is 18.3 Å². The monoisotopic (exact) mass is 293 g/mol. The molecule has 7 nitrogen and oxygen atoms in total. The first-order valence-electron chi connectivity index (χ1n) is 6.66. The third-order valence-corrected chi connectivity index (χ3v) is 3.46. The number of amides is 2. The Balaban J connectivity index is 2.21. The first-order chi connectivity index (χ1) is 10.0. The van der Waals surface area contributed by atoms with Gasteiger partial charge in [-0.05, 0) is 19.1 Å². The van der Waals surface area contributed by atoms with E-state index in [9.17, 15) is 9.59 Å². The Hall–Kier alpha value is -2.15. The summed E-state index contributed by atoms with van der Waals surface area (Å²) in [6.45, 7) is 2.58. The molecule has 1 aromatic heterocycles. The molecule has 0 saturated carbocycles. The van der Waals surface area contributed by atoms with Crippen LogP contribution < -0.4 is 10.1 Å². The number of ether oxygens (including phenoxy) is 2. The molecule has 1 aliphatic rings. The number of morpholine rings is 1. The molecule has 0 radical (unpaired) electrons. The molecule has 0 spiro atoms. The quantitative estimate of drug-likeness (QED) is 0.853. The van der Waals surface area contributed by atoms with Crippen molar-refractivity contribution in [1.82, 2.24) is 15.2 Å². The third-order valence-electron chi connectivity index (χ3n) is 3.46. The van der Waals surface area contributed by atoms with Crippen molar-refractivity contribution in [3.8, 4) is 5.88 Å². The number of hydrogen-bond acceptors (Lipinski definition) is 5. The van der Waals surface area contributed by atoms with Crippen LogP contribution in [-0.2, 0) is 9.53 Å². The van der Waals surface area contributed by atoms with Gasteiger partial charge in [-0.25, -0.2) is 4.98 Å². The highest BCUT2D eigenvalue weighted by Gasteiger charge is 2.40. The SMILES string of the molecule is CNC(=O)[C@@]1(C)CN(C(=O)c2cccnc2OC)CCO1. The highest BCUT2D eigenvalue weighted by Crippen LogP contribution is 2.22. The molecule has 21 heavy (non-hydrogen) atoms. The number of nitrogens with zero attached hydrogens (tertiary/aromatic N) is 2. The average molecular weight is 293 g/mol. The summed E-state index contributed by atoms with van der Waals surface area (Å²) < 4.78 is 10.6. The highest BCUT2D eigenvalue weighted by molar-refractivity contribution is 5.97. The van der Waals surface area contributed by atoms with Gasteiger partial charge >= 0.3 is 0 Å². The molecule has 2 heterocycles. The van der Waals surface area contributed by atoms with Crippen LogP contribution in [0.5, 0.6) is 5.88 Å². The first kappa shape index (κ1) is 15.2. The molecule has 114 valence electrons. The van der Waals surface area contributed by atoms with Gasteiger partial charge in [-0.2, -0.15) is 0 Å². The van der Waals surface area contributed by atoms with Gasteiger partial charge < -0.3 is 19.7 Å². The smallest absolute Gasteiger partial charge is 0.259 e. The third kappa shape index (κ3) is 2.97. The number of pyridine rings is 1. The summed E-state index contributed by atoms with van der Waals surface area (Å²) in [4.78, 5) is 30.1. The summed E-state index contributed by atoms with van der Waals surface area (Å²) in [5.41, 5.74) is -0.667.